The molecule has 0 aliphatic carbocycles. The minimum Gasteiger partial charge on any atom is -0.293 e. The molecule has 0 N–H and O–H groups in total. The minimum atomic E-state index is -4.16. The molecule has 2 aromatic carbocycles. The Hall–Kier alpha value is -2.08. The average Bonchev–Trinajstić information content (AvgIpc) is 2.37. The van der Waals surface area contributed by atoms with E-state index in [1.165, 1.54) is 6.07 Å². The van der Waals surface area contributed by atoms with Gasteiger partial charge in [0.2, 0.25) is 0 Å². The Morgan fingerprint density at radius 2 is 1.81 bits per heavy atom. The number of carbonyl (C=O) groups excluding carboxylic acids is 1. The minimum absolute atomic E-state index is 0.237. The molecule has 0 saturated heterocycles. The first-order valence-electron chi connectivity index (χ1n) is 6.07. The van der Waals surface area contributed by atoms with Gasteiger partial charge >= 0.3 is 0 Å². The van der Waals surface area contributed by atoms with Gasteiger partial charge in [-0.1, -0.05) is 23.8 Å². The van der Waals surface area contributed by atoms with Crippen LogP contribution in [0.1, 0.15) is 15.9 Å². The first kappa shape index (κ1) is 15.3. The van der Waals surface area contributed by atoms with Crippen LogP contribution in [0.3, 0.4) is 0 Å². The molecule has 0 spiro atoms. The normalized spacial score (nSPS) is 11.4. The molecule has 21 heavy (non-hydrogen) atoms. The number of benzene rings is 2. The molecule has 0 radical (unpaired) electrons. The summed E-state index contributed by atoms with van der Waals surface area (Å²) in [5.74, 6) is -3.58. The fourth-order valence-corrected chi connectivity index (χ4v) is 3.18. The fourth-order valence-electron chi connectivity index (χ4n) is 1.88. The van der Waals surface area contributed by atoms with Crippen molar-refractivity contribution in [1.29, 1.82) is 0 Å². The number of ketones is 1. The lowest BCUT2D eigenvalue weighted by atomic mass is 10.1. The zero-order valence-electron chi connectivity index (χ0n) is 11.1. The quantitative estimate of drug-likeness (QED) is 0.644. The molecule has 0 unspecified atom stereocenters. The number of carbonyl (C=O) groups is 1. The van der Waals surface area contributed by atoms with Gasteiger partial charge in [0.1, 0.15) is 22.3 Å². The molecule has 0 aliphatic heterocycles. The summed E-state index contributed by atoms with van der Waals surface area (Å²) in [4.78, 5) is 11.3. The number of hydrogen-bond acceptors (Lipinski definition) is 3. The Balaban J connectivity index is 2.31. The maximum Gasteiger partial charge on any atom is 0.188 e. The van der Waals surface area contributed by atoms with Crippen molar-refractivity contribution in [3.8, 4) is 0 Å². The second-order valence-corrected chi connectivity index (χ2v) is 6.58. The SMILES string of the molecule is Cc1cccc(C(=O)CS(=O)(=O)c2ccc(F)cc2F)c1. The zero-order valence-corrected chi connectivity index (χ0v) is 12.0. The van der Waals surface area contributed by atoms with E-state index in [0.29, 0.717) is 6.07 Å². The van der Waals surface area contributed by atoms with Crippen molar-refractivity contribution in [3.05, 3.63) is 65.2 Å². The number of Topliss-reactive ketones (excluding diaryl/α,β-unsaturated/α-hetero) is 1. The molecule has 2 rings (SSSR count). The predicted octanol–water partition coefficient (Wildman–Crippen LogP) is 2.93. The second kappa shape index (κ2) is 5.73. The molecule has 0 heterocycles. The summed E-state index contributed by atoms with van der Waals surface area (Å²) in [6.45, 7) is 1.77. The van der Waals surface area contributed by atoms with Crippen LogP contribution < -0.4 is 0 Å². The molecule has 0 amide bonds. The first-order chi connectivity index (χ1) is 9.79. The number of aryl methyl sites for hydroxylation is 1. The lowest BCUT2D eigenvalue weighted by Crippen LogP contribution is -2.17. The highest BCUT2D eigenvalue weighted by molar-refractivity contribution is 7.92. The third-order valence-electron chi connectivity index (χ3n) is 2.89. The van der Waals surface area contributed by atoms with E-state index in [9.17, 15) is 22.0 Å². The molecule has 0 fully saturated rings. The van der Waals surface area contributed by atoms with E-state index in [1.807, 2.05) is 0 Å². The zero-order chi connectivity index (χ0) is 15.6. The van der Waals surface area contributed by atoms with E-state index in [0.717, 1.165) is 17.7 Å². The van der Waals surface area contributed by atoms with Gasteiger partial charge in [-0.25, -0.2) is 17.2 Å². The highest BCUT2D eigenvalue weighted by atomic mass is 32.2. The summed E-state index contributed by atoms with van der Waals surface area (Å²) in [7, 11) is -4.16. The molecule has 0 bridgehead atoms. The van der Waals surface area contributed by atoms with Gasteiger partial charge in [0, 0.05) is 11.6 Å². The molecule has 0 aliphatic rings. The van der Waals surface area contributed by atoms with Gasteiger partial charge in [-0.15, -0.1) is 0 Å². The van der Waals surface area contributed by atoms with Crippen molar-refractivity contribution < 1.29 is 22.0 Å². The highest BCUT2D eigenvalue weighted by Crippen LogP contribution is 2.18. The summed E-state index contributed by atoms with van der Waals surface area (Å²) >= 11 is 0. The Morgan fingerprint density at radius 1 is 1.10 bits per heavy atom. The molecule has 2 aromatic rings. The number of hydrogen-bond donors (Lipinski definition) is 0. The van der Waals surface area contributed by atoms with Gasteiger partial charge in [-0.2, -0.15) is 0 Å². The van der Waals surface area contributed by atoms with Crippen LogP contribution in [-0.4, -0.2) is 20.0 Å². The van der Waals surface area contributed by atoms with Gasteiger partial charge in [0.05, 0.1) is 0 Å². The molecular weight excluding hydrogens is 298 g/mol. The van der Waals surface area contributed by atoms with Crippen LogP contribution in [0.25, 0.3) is 0 Å². The maximum absolute atomic E-state index is 13.5. The first-order valence-corrected chi connectivity index (χ1v) is 7.72. The lowest BCUT2D eigenvalue weighted by molar-refractivity contribution is 0.102. The number of rotatable bonds is 4. The highest BCUT2D eigenvalue weighted by Gasteiger charge is 2.24. The van der Waals surface area contributed by atoms with Gasteiger partial charge in [-0.05, 0) is 25.1 Å². The van der Waals surface area contributed by atoms with Gasteiger partial charge in [0.15, 0.2) is 15.6 Å². The van der Waals surface area contributed by atoms with Crippen LogP contribution in [0.2, 0.25) is 0 Å². The molecule has 3 nitrogen and oxygen atoms in total. The van der Waals surface area contributed by atoms with E-state index in [-0.39, 0.29) is 5.56 Å². The van der Waals surface area contributed by atoms with Crippen LogP contribution in [0, 0.1) is 18.6 Å². The molecular formula is C15H12F2O3S. The Morgan fingerprint density at radius 3 is 2.43 bits per heavy atom. The van der Waals surface area contributed by atoms with Crippen molar-refractivity contribution in [3.63, 3.8) is 0 Å². The van der Waals surface area contributed by atoms with Gasteiger partial charge in [0.25, 0.3) is 0 Å². The van der Waals surface area contributed by atoms with Crippen LogP contribution >= 0.6 is 0 Å². The molecule has 6 heteroatoms. The molecule has 110 valence electrons. The number of sulfone groups is 1. The smallest absolute Gasteiger partial charge is 0.188 e. The largest absolute Gasteiger partial charge is 0.293 e. The molecule has 0 aromatic heterocycles. The van der Waals surface area contributed by atoms with Crippen molar-refractivity contribution in [2.75, 3.05) is 5.75 Å². The predicted molar refractivity (Wildman–Crippen MR) is 73.9 cm³/mol. The van der Waals surface area contributed by atoms with Crippen molar-refractivity contribution in [2.45, 2.75) is 11.8 Å². The second-order valence-electron chi connectivity index (χ2n) is 4.63. The topological polar surface area (TPSA) is 51.2 Å². The summed E-state index contributed by atoms with van der Waals surface area (Å²) < 4.78 is 50.4. The summed E-state index contributed by atoms with van der Waals surface area (Å²) in [5, 5.41) is 0. The third-order valence-corrected chi connectivity index (χ3v) is 4.53. The monoisotopic (exact) mass is 310 g/mol. The number of halogens is 2. The van der Waals surface area contributed by atoms with E-state index in [1.54, 1.807) is 25.1 Å². The lowest BCUT2D eigenvalue weighted by Gasteiger charge is -2.06. The summed E-state index contributed by atoms with van der Waals surface area (Å²) in [6.07, 6.45) is 0. The molecule has 0 saturated carbocycles. The van der Waals surface area contributed by atoms with Gasteiger partial charge < -0.3 is 0 Å². The van der Waals surface area contributed by atoms with Crippen molar-refractivity contribution >= 4 is 15.6 Å². The van der Waals surface area contributed by atoms with Crippen LogP contribution in [0.4, 0.5) is 8.78 Å². The van der Waals surface area contributed by atoms with Crippen LogP contribution in [0.5, 0.6) is 0 Å². The molecule has 0 atom stereocenters. The fraction of sp³-hybridized carbons (Fsp3) is 0.133. The maximum atomic E-state index is 13.5. The Labute approximate surface area is 121 Å². The summed E-state index contributed by atoms with van der Waals surface area (Å²) in [6, 6.07) is 8.59. The van der Waals surface area contributed by atoms with Gasteiger partial charge in [-0.3, -0.25) is 4.79 Å². The van der Waals surface area contributed by atoms with E-state index in [4.69, 9.17) is 0 Å². The van der Waals surface area contributed by atoms with E-state index >= 15 is 0 Å². The summed E-state index contributed by atoms with van der Waals surface area (Å²) in [5.41, 5.74) is 1.05. The Bertz CT molecular complexity index is 798. The standard InChI is InChI=1S/C15H12F2O3S/c1-10-3-2-4-11(7-10)14(18)9-21(19,20)15-6-5-12(16)8-13(15)17/h2-8H,9H2,1H3. The van der Waals surface area contributed by atoms with Crippen molar-refractivity contribution in [2.24, 2.45) is 0 Å². The van der Waals surface area contributed by atoms with E-state index < -0.39 is 37.9 Å². The van der Waals surface area contributed by atoms with Crippen molar-refractivity contribution in [1.82, 2.24) is 0 Å². The Kier molecular flexibility index (Phi) is 4.18. The van der Waals surface area contributed by atoms with Crippen LogP contribution in [0.15, 0.2) is 47.4 Å². The average molecular weight is 310 g/mol. The third kappa shape index (κ3) is 3.52. The van der Waals surface area contributed by atoms with E-state index in [2.05, 4.69) is 0 Å². The van der Waals surface area contributed by atoms with Crippen LogP contribution in [-0.2, 0) is 9.84 Å².